The molecule has 1 saturated heterocycles. The molecule has 1 N–H and O–H groups in total. The Morgan fingerprint density at radius 2 is 1.88 bits per heavy atom. The van der Waals surface area contributed by atoms with E-state index in [0.717, 1.165) is 22.4 Å². The van der Waals surface area contributed by atoms with Gasteiger partial charge in [0, 0.05) is 5.56 Å². The van der Waals surface area contributed by atoms with Crippen LogP contribution in [0.4, 0.5) is 0 Å². The third-order valence-electron chi connectivity index (χ3n) is 6.13. The Labute approximate surface area is 199 Å². The summed E-state index contributed by atoms with van der Waals surface area (Å²) >= 11 is 0. The molecule has 1 atom stereocenters. The van der Waals surface area contributed by atoms with Gasteiger partial charge < -0.3 is 19.2 Å². The minimum absolute atomic E-state index is 0.0738. The Morgan fingerprint density at radius 3 is 2.53 bits per heavy atom. The number of carbonyl (C=O) groups is 2. The van der Waals surface area contributed by atoms with Crippen molar-refractivity contribution in [3.05, 3.63) is 94.4 Å². The Balaban J connectivity index is 1.88. The summed E-state index contributed by atoms with van der Waals surface area (Å²) in [4.78, 5) is 27.9. The van der Waals surface area contributed by atoms with E-state index in [1.165, 1.54) is 11.2 Å². The van der Waals surface area contributed by atoms with Crippen LogP contribution in [0.2, 0.25) is 0 Å². The molecule has 34 heavy (non-hydrogen) atoms. The topological polar surface area (TPSA) is 80.0 Å². The van der Waals surface area contributed by atoms with Crippen LogP contribution in [-0.2, 0) is 16.1 Å². The number of furan rings is 1. The molecule has 0 spiro atoms. The van der Waals surface area contributed by atoms with Gasteiger partial charge >= 0.3 is 0 Å². The lowest BCUT2D eigenvalue weighted by molar-refractivity contribution is -0.140. The first-order chi connectivity index (χ1) is 16.3. The van der Waals surface area contributed by atoms with Crippen molar-refractivity contribution in [1.29, 1.82) is 0 Å². The van der Waals surface area contributed by atoms with E-state index in [1.54, 1.807) is 24.3 Å². The molecule has 3 aromatic rings. The van der Waals surface area contributed by atoms with Gasteiger partial charge in [0.05, 0.1) is 31.0 Å². The Morgan fingerprint density at radius 1 is 1.12 bits per heavy atom. The predicted molar refractivity (Wildman–Crippen MR) is 129 cm³/mol. The largest absolute Gasteiger partial charge is 0.507 e. The van der Waals surface area contributed by atoms with Crippen molar-refractivity contribution in [1.82, 2.24) is 4.90 Å². The summed E-state index contributed by atoms with van der Waals surface area (Å²) in [6.07, 6.45) is 1.53. The first-order valence-corrected chi connectivity index (χ1v) is 11.5. The third-order valence-corrected chi connectivity index (χ3v) is 6.13. The van der Waals surface area contributed by atoms with E-state index in [0.29, 0.717) is 17.9 Å². The summed E-state index contributed by atoms with van der Waals surface area (Å²) in [6, 6.07) is 15.7. The fraction of sp³-hybridized carbons (Fsp3) is 0.286. The fourth-order valence-corrected chi connectivity index (χ4v) is 4.42. The van der Waals surface area contributed by atoms with Gasteiger partial charge in [0.15, 0.2) is 0 Å². The molecule has 1 aliphatic rings. The van der Waals surface area contributed by atoms with Crippen LogP contribution in [0.5, 0.6) is 5.75 Å². The quantitative estimate of drug-likeness (QED) is 0.277. The molecule has 6 nitrogen and oxygen atoms in total. The minimum atomic E-state index is -0.736. The number of hydrogen-bond donors (Lipinski definition) is 1. The second-order valence-corrected chi connectivity index (χ2v) is 8.70. The smallest absolute Gasteiger partial charge is 0.296 e. The Hall–Kier alpha value is -3.80. The molecule has 0 radical (unpaired) electrons. The molecule has 1 amide bonds. The number of aliphatic hydroxyl groups is 1. The summed E-state index contributed by atoms with van der Waals surface area (Å²) in [5.41, 5.74) is 3.17. The van der Waals surface area contributed by atoms with Crippen LogP contribution in [0.3, 0.4) is 0 Å². The number of hydrogen-bond acceptors (Lipinski definition) is 5. The Bertz CT molecular complexity index is 1240. The average Bonchev–Trinajstić information content (AvgIpc) is 3.42. The van der Waals surface area contributed by atoms with Gasteiger partial charge in [-0.15, -0.1) is 0 Å². The van der Waals surface area contributed by atoms with Gasteiger partial charge in [0.1, 0.15) is 17.3 Å². The number of aryl methyl sites for hydroxylation is 1. The molecule has 2 aromatic carbocycles. The molecule has 2 heterocycles. The number of Topliss-reactive ketones (excluding diaryl/α,β-unsaturated/α-hetero) is 1. The number of rotatable bonds is 7. The lowest BCUT2D eigenvalue weighted by Crippen LogP contribution is -2.29. The van der Waals surface area contributed by atoms with Crippen LogP contribution in [-0.4, -0.2) is 28.3 Å². The molecule has 1 aliphatic heterocycles. The molecular weight excluding hydrogens is 430 g/mol. The second-order valence-electron chi connectivity index (χ2n) is 8.70. The minimum Gasteiger partial charge on any atom is -0.507 e. The van der Waals surface area contributed by atoms with E-state index in [4.69, 9.17) is 9.15 Å². The molecule has 0 aliphatic carbocycles. The maximum absolute atomic E-state index is 13.3. The Kier molecular flexibility index (Phi) is 6.59. The number of ether oxygens (including phenoxy) is 1. The number of benzene rings is 2. The van der Waals surface area contributed by atoms with Gasteiger partial charge in [-0.05, 0) is 66.8 Å². The van der Waals surface area contributed by atoms with E-state index in [-0.39, 0.29) is 23.8 Å². The number of carbonyl (C=O) groups excluding carboxylic acids is 2. The number of amides is 1. The van der Waals surface area contributed by atoms with Gasteiger partial charge in [-0.25, -0.2) is 0 Å². The van der Waals surface area contributed by atoms with Crippen LogP contribution >= 0.6 is 0 Å². The van der Waals surface area contributed by atoms with E-state index in [9.17, 15) is 14.7 Å². The van der Waals surface area contributed by atoms with Crippen LogP contribution < -0.4 is 4.74 Å². The van der Waals surface area contributed by atoms with Crippen molar-refractivity contribution in [3.8, 4) is 5.75 Å². The SMILES string of the molecule is CCOc1ccc(/C(O)=C2\C(=O)C(=O)N(Cc3ccco3)C2c2ccccc2C)cc1C(C)C. The molecule has 6 heteroatoms. The monoisotopic (exact) mass is 459 g/mol. The van der Waals surface area contributed by atoms with Crippen molar-refractivity contribution >= 4 is 17.4 Å². The highest BCUT2D eigenvalue weighted by molar-refractivity contribution is 6.46. The van der Waals surface area contributed by atoms with Gasteiger partial charge in [0.2, 0.25) is 0 Å². The zero-order chi connectivity index (χ0) is 24.4. The normalized spacial score (nSPS) is 17.6. The first kappa shape index (κ1) is 23.4. The summed E-state index contributed by atoms with van der Waals surface area (Å²) in [5.74, 6) is -0.133. The average molecular weight is 460 g/mol. The van der Waals surface area contributed by atoms with Gasteiger partial charge in [-0.1, -0.05) is 38.1 Å². The summed E-state index contributed by atoms with van der Waals surface area (Å²) in [7, 11) is 0. The molecule has 1 aromatic heterocycles. The molecule has 0 saturated carbocycles. The summed E-state index contributed by atoms with van der Waals surface area (Å²) in [5, 5.41) is 11.4. The van der Waals surface area contributed by atoms with Crippen molar-refractivity contribution < 1.29 is 23.8 Å². The van der Waals surface area contributed by atoms with E-state index < -0.39 is 17.7 Å². The van der Waals surface area contributed by atoms with E-state index in [1.807, 2.05) is 58.0 Å². The van der Waals surface area contributed by atoms with Crippen molar-refractivity contribution in [2.75, 3.05) is 6.61 Å². The lowest BCUT2D eigenvalue weighted by atomic mass is 9.91. The zero-order valence-electron chi connectivity index (χ0n) is 19.9. The van der Waals surface area contributed by atoms with Gasteiger partial charge in [-0.2, -0.15) is 0 Å². The number of aliphatic hydroxyl groups excluding tert-OH is 1. The maximum atomic E-state index is 13.3. The maximum Gasteiger partial charge on any atom is 0.296 e. The van der Waals surface area contributed by atoms with Crippen LogP contribution in [0.25, 0.3) is 5.76 Å². The van der Waals surface area contributed by atoms with E-state index >= 15 is 0 Å². The summed E-state index contributed by atoms with van der Waals surface area (Å²) in [6.45, 7) is 8.56. The van der Waals surface area contributed by atoms with Crippen LogP contribution in [0.1, 0.15) is 60.7 Å². The van der Waals surface area contributed by atoms with Crippen molar-refractivity contribution in [3.63, 3.8) is 0 Å². The molecule has 1 unspecified atom stereocenters. The predicted octanol–water partition coefficient (Wildman–Crippen LogP) is 5.73. The van der Waals surface area contributed by atoms with Crippen molar-refractivity contribution in [2.24, 2.45) is 0 Å². The lowest BCUT2D eigenvalue weighted by Gasteiger charge is -2.26. The molecule has 4 rings (SSSR count). The standard InChI is InChI=1S/C28H29NO5/c1-5-33-23-13-12-19(15-22(23)17(2)3)26(30)24-25(21-11-7-6-9-18(21)4)29(28(32)27(24)31)16-20-10-8-14-34-20/h6-15,17,25,30H,5,16H2,1-4H3/b26-24+. The van der Waals surface area contributed by atoms with E-state index in [2.05, 4.69) is 0 Å². The van der Waals surface area contributed by atoms with Gasteiger partial charge in [0.25, 0.3) is 11.7 Å². The van der Waals surface area contributed by atoms with Crippen molar-refractivity contribution in [2.45, 2.75) is 46.2 Å². The second kappa shape index (κ2) is 9.59. The fourth-order valence-electron chi connectivity index (χ4n) is 4.42. The molecule has 176 valence electrons. The molecule has 0 bridgehead atoms. The van der Waals surface area contributed by atoms with Gasteiger partial charge in [-0.3, -0.25) is 9.59 Å². The highest BCUT2D eigenvalue weighted by Gasteiger charge is 2.46. The zero-order valence-corrected chi connectivity index (χ0v) is 19.9. The summed E-state index contributed by atoms with van der Waals surface area (Å²) < 4.78 is 11.2. The number of likely N-dealkylation sites (tertiary alicyclic amines) is 1. The molecule has 1 fully saturated rings. The highest BCUT2D eigenvalue weighted by Crippen LogP contribution is 2.42. The first-order valence-electron chi connectivity index (χ1n) is 11.5. The third kappa shape index (κ3) is 4.23. The number of ketones is 1. The highest BCUT2D eigenvalue weighted by atomic mass is 16.5. The van der Waals surface area contributed by atoms with Crippen LogP contribution in [0.15, 0.2) is 70.9 Å². The molecular formula is C28H29NO5. The number of nitrogens with zero attached hydrogens (tertiary/aromatic N) is 1. The van der Waals surface area contributed by atoms with Crippen LogP contribution in [0, 0.1) is 6.92 Å².